The number of ether oxygens (including phenoxy) is 1. The minimum Gasteiger partial charge on any atom is -1.00 e. The molecule has 0 unspecified atom stereocenters. The normalized spacial score (nSPS) is 10.6. The van der Waals surface area contributed by atoms with E-state index in [9.17, 15) is 4.79 Å². The number of carbonyl (C=O) groups excluding carboxylic acids is 1. The smallest absolute Gasteiger partial charge is 0.333 e. The molecule has 112 valence electrons. The lowest BCUT2D eigenvalue weighted by Crippen LogP contribution is -3.00. The average molecular weight is 298 g/mol. The molecule has 0 atom stereocenters. The van der Waals surface area contributed by atoms with Crippen molar-refractivity contribution in [1.82, 2.24) is 0 Å². The minimum atomic E-state index is -0.298. The number of hydrogen-bond donors (Lipinski definition) is 0. The van der Waals surface area contributed by atoms with E-state index in [4.69, 9.17) is 4.74 Å². The van der Waals surface area contributed by atoms with Gasteiger partial charge in [-0.05, 0) is 6.92 Å². The van der Waals surface area contributed by atoms with Crippen LogP contribution in [0.5, 0.6) is 0 Å². The first-order valence-corrected chi connectivity index (χ1v) is 6.59. The van der Waals surface area contributed by atoms with Crippen molar-refractivity contribution in [2.24, 2.45) is 0 Å². The maximum atomic E-state index is 11.2. The van der Waals surface area contributed by atoms with Gasteiger partial charge in [-0.3, -0.25) is 0 Å². The number of quaternary nitrogens is 1. The van der Waals surface area contributed by atoms with Crippen molar-refractivity contribution in [3.8, 4) is 0 Å². The summed E-state index contributed by atoms with van der Waals surface area (Å²) in [6.07, 6.45) is 0.860. The Bertz CT molecular complexity index is 429. The van der Waals surface area contributed by atoms with Gasteiger partial charge in [-0.15, -0.1) is 0 Å². The molecule has 0 radical (unpaired) electrons. The molecule has 0 bridgehead atoms. The first-order valence-electron chi connectivity index (χ1n) is 6.59. The molecule has 0 saturated carbocycles. The van der Waals surface area contributed by atoms with Crippen LogP contribution in [-0.4, -0.2) is 37.7 Å². The van der Waals surface area contributed by atoms with Gasteiger partial charge in [0.2, 0.25) is 0 Å². The summed E-state index contributed by atoms with van der Waals surface area (Å²) in [7, 11) is 4.38. The predicted molar refractivity (Wildman–Crippen MR) is 77.5 cm³/mol. The van der Waals surface area contributed by atoms with Crippen LogP contribution >= 0.6 is 0 Å². The third-order valence-electron chi connectivity index (χ3n) is 2.94. The van der Waals surface area contributed by atoms with Crippen molar-refractivity contribution < 1.29 is 26.4 Å². The summed E-state index contributed by atoms with van der Waals surface area (Å²) >= 11 is 0. The lowest BCUT2D eigenvalue weighted by molar-refractivity contribution is -0.903. The van der Waals surface area contributed by atoms with Crippen LogP contribution in [0.4, 0.5) is 0 Å². The summed E-state index contributed by atoms with van der Waals surface area (Å²) in [5, 5.41) is 0. The SMILES string of the molecule is C=C(C)C(=O)OCCC[N+](C)(C)Cc1ccccc1.[Cl-]. The monoisotopic (exact) mass is 297 g/mol. The van der Waals surface area contributed by atoms with Crippen LogP contribution in [0.25, 0.3) is 0 Å². The number of hydrogen-bond acceptors (Lipinski definition) is 2. The molecule has 20 heavy (non-hydrogen) atoms. The van der Waals surface area contributed by atoms with Crippen molar-refractivity contribution in [2.75, 3.05) is 27.2 Å². The topological polar surface area (TPSA) is 26.3 Å². The van der Waals surface area contributed by atoms with E-state index >= 15 is 0 Å². The fourth-order valence-electron chi connectivity index (χ4n) is 1.94. The fraction of sp³-hybridized carbons (Fsp3) is 0.438. The van der Waals surface area contributed by atoms with Crippen LogP contribution in [0.1, 0.15) is 18.9 Å². The number of nitrogens with zero attached hydrogens (tertiary/aromatic N) is 1. The predicted octanol–water partition coefficient (Wildman–Crippen LogP) is -0.224. The zero-order chi connectivity index (χ0) is 14.3. The van der Waals surface area contributed by atoms with Crippen LogP contribution in [-0.2, 0) is 16.1 Å². The highest BCUT2D eigenvalue weighted by Crippen LogP contribution is 2.09. The number of rotatable bonds is 7. The fourth-order valence-corrected chi connectivity index (χ4v) is 1.94. The van der Waals surface area contributed by atoms with Crippen molar-refractivity contribution in [3.05, 3.63) is 48.0 Å². The number of halogens is 1. The van der Waals surface area contributed by atoms with Gasteiger partial charge in [-0.1, -0.05) is 36.9 Å². The number of esters is 1. The number of carbonyl (C=O) groups is 1. The maximum Gasteiger partial charge on any atom is 0.333 e. The van der Waals surface area contributed by atoms with Gasteiger partial charge in [0, 0.05) is 17.6 Å². The van der Waals surface area contributed by atoms with Gasteiger partial charge in [0.05, 0.1) is 27.2 Å². The molecule has 0 N–H and O–H groups in total. The molecular weight excluding hydrogens is 274 g/mol. The van der Waals surface area contributed by atoms with E-state index in [0.29, 0.717) is 12.2 Å². The molecule has 0 amide bonds. The highest BCUT2D eigenvalue weighted by Gasteiger charge is 2.15. The summed E-state index contributed by atoms with van der Waals surface area (Å²) in [6, 6.07) is 10.4. The molecule has 1 aromatic rings. The third-order valence-corrected chi connectivity index (χ3v) is 2.94. The van der Waals surface area contributed by atoms with Gasteiger partial charge in [-0.25, -0.2) is 4.79 Å². The first kappa shape index (κ1) is 18.7. The second kappa shape index (κ2) is 8.77. The Morgan fingerprint density at radius 1 is 1.25 bits per heavy atom. The molecular formula is C16H24ClNO2. The van der Waals surface area contributed by atoms with Crippen LogP contribution < -0.4 is 12.4 Å². The van der Waals surface area contributed by atoms with E-state index in [-0.39, 0.29) is 18.4 Å². The van der Waals surface area contributed by atoms with E-state index < -0.39 is 0 Å². The van der Waals surface area contributed by atoms with Gasteiger partial charge >= 0.3 is 5.97 Å². The molecule has 0 fully saturated rings. The standard InChI is InChI=1S/C16H24NO2.ClH/c1-14(2)16(18)19-12-8-11-17(3,4)13-15-9-6-5-7-10-15;/h5-7,9-10H,1,8,11-13H2,2-4H3;1H/q+1;/p-1. The Labute approximate surface area is 128 Å². The van der Waals surface area contributed by atoms with E-state index in [1.54, 1.807) is 6.92 Å². The summed E-state index contributed by atoms with van der Waals surface area (Å²) in [5.41, 5.74) is 1.78. The Balaban J connectivity index is 0.00000361. The zero-order valence-corrected chi connectivity index (χ0v) is 13.3. The van der Waals surface area contributed by atoms with Crippen molar-refractivity contribution in [3.63, 3.8) is 0 Å². The second-order valence-corrected chi connectivity index (χ2v) is 5.57. The molecule has 4 heteroatoms. The highest BCUT2D eigenvalue weighted by molar-refractivity contribution is 5.86. The Morgan fingerprint density at radius 3 is 2.40 bits per heavy atom. The quantitative estimate of drug-likeness (QED) is 0.301. The Morgan fingerprint density at radius 2 is 1.85 bits per heavy atom. The molecule has 0 heterocycles. The zero-order valence-electron chi connectivity index (χ0n) is 12.6. The van der Waals surface area contributed by atoms with Crippen molar-refractivity contribution in [2.45, 2.75) is 19.9 Å². The second-order valence-electron chi connectivity index (χ2n) is 5.57. The lowest BCUT2D eigenvalue weighted by atomic mass is 10.2. The minimum absolute atomic E-state index is 0. The number of benzene rings is 1. The van der Waals surface area contributed by atoms with Gasteiger partial charge < -0.3 is 21.6 Å². The molecule has 0 spiro atoms. The Kier molecular flexibility index (Phi) is 8.19. The summed E-state index contributed by atoms with van der Waals surface area (Å²) in [5.74, 6) is -0.298. The summed E-state index contributed by atoms with van der Waals surface area (Å²) in [6.45, 7) is 7.64. The van der Waals surface area contributed by atoms with E-state index in [1.807, 2.05) is 6.07 Å². The molecule has 1 rings (SSSR count). The molecule has 3 nitrogen and oxygen atoms in total. The molecule has 0 saturated heterocycles. The van der Waals surface area contributed by atoms with Crippen molar-refractivity contribution >= 4 is 5.97 Å². The maximum absolute atomic E-state index is 11.2. The Hall–Kier alpha value is -1.32. The average Bonchev–Trinajstić information content (AvgIpc) is 2.35. The molecule has 0 aliphatic heterocycles. The van der Waals surface area contributed by atoms with Crippen molar-refractivity contribution in [1.29, 1.82) is 0 Å². The van der Waals surface area contributed by atoms with Crippen LogP contribution in [0.2, 0.25) is 0 Å². The van der Waals surface area contributed by atoms with E-state index in [2.05, 4.69) is 44.9 Å². The summed E-state index contributed by atoms with van der Waals surface area (Å²) < 4.78 is 5.98. The van der Waals surface area contributed by atoms with E-state index in [0.717, 1.165) is 24.0 Å². The summed E-state index contributed by atoms with van der Waals surface area (Å²) in [4.78, 5) is 11.2. The van der Waals surface area contributed by atoms with Gasteiger partial charge in [0.1, 0.15) is 6.54 Å². The van der Waals surface area contributed by atoms with Crippen LogP contribution in [0.15, 0.2) is 42.5 Å². The van der Waals surface area contributed by atoms with Crippen LogP contribution in [0, 0.1) is 0 Å². The van der Waals surface area contributed by atoms with Crippen LogP contribution in [0.3, 0.4) is 0 Å². The van der Waals surface area contributed by atoms with Gasteiger partial charge in [-0.2, -0.15) is 0 Å². The lowest BCUT2D eigenvalue weighted by Gasteiger charge is -2.29. The molecule has 0 aromatic heterocycles. The first-order chi connectivity index (χ1) is 8.91. The molecule has 0 aliphatic carbocycles. The molecule has 0 aliphatic rings. The van der Waals surface area contributed by atoms with E-state index in [1.165, 1.54) is 5.56 Å². The van der Waals surface area contributed by atoms with Gasteiger partial charge in [0.15, 0.2) is 0 Å². The highest BCUT2D eigenvalue weighted by atomic mass is 35.5. The molecule has 1 aromatic carbocycles. The third kappa shape index (κ3) is 7.31. The van der Waals surface area contributed by atoms with Gasteiger partial charge in [0.25, 0.3) is 0 Å². The largest absolute Gasteiger partial charge is 1.00 e.